The van der Waals surface area contributed by atoms with E-state index in [0.29, 0.717) is 0 Å². The Morgan fingerprint density at radius 2 is 0.824 bits per heavy atom. The average Bonchev–Trinajstić information content (AvgIpc) is 2.35. The second kappa shape index (κ2) is 16.9. The average molecular weight is 276 g/mol. The quantitative estimate of drug-likeness (QED) is 0.248. The maximum atomic E-state index is 2.30. The summed E-state index contributed by atoms with van der Waals surface area (Å²) in [5, 5.41) is 0. The van der Waals surface area contributed by atoms with Crippen LogP contribution in [0.1, 0.15) is 84.5 Å². The molecule has 17 heavy (non-hydrogen) atoms. The van der Waals surface area contributed by atoms with Crippen LogP contribution in [0, 0.1) is 0 Å². The molecule has 0 saturated heterocycles. The molecule has 0 N–H and O–H groups in total. The van der Waals surface area contributed by atoms with Crippen molar-refractivity contribution in [1.82, 2.24) is 0 Å². The minimum atomic E-state index is 1.28. The van der Waals surface area contributed by atoms with Crippen molar-refractivity contribution in [2.45, 2.75) is 84.5 Å². The van der Waals surface area contributed by atoms with E-state index in [1.807, 2.05) is 0 Å². The summed E-state index contributed by atoms with van der Waals surface area (Å²) in [7, 11) is 2.57. The van der Waals surface area contributed by atoms with E-state index in [0.717, 1.165) is 0 Å². The lowest BCUT2D eigenvalue weighted by Gasteiger charge is -2.03. The van der Waals surface area contributed by atoms with Crippen molar-refractivity contribution in [1.29, 1.82) is 0 Å². The number of hydrogen-bond donors (Lipinski definition) is 0. The van der Waals surface area contributed by atoms with E-state index < -0.39 is 0 Å². The van der Waals surface area contributed by atoms with E-state index in [-0.39, 0.29) is 0 Å². The molecule has 0 aromatic rings. The predicted molar refractivity (Wildman–Crippen MR) is 88.5 cm³/mol. The zero-order chi connectivity index (χ0) is 12.6. The van der Waals surface area contributed by atoms with E-state index in [1.165, 1.54) is 99.5 Å². The Morgan fingerprint density at radius 3 is 1.24 bits per heavy atom. The third-order valence-corrected chi connectivity index (χ3v) is 6.89. The summed E-state index contributed by atoms with van der Waals surface area (Å²) in [6, 6.07) is 0. The monoisotopic (exact) mass is 276 g/mol. The summed E-state index contributed by atoms with van der Waals surface area (Å²) in [4.78, 5) is 0. The molecule has 104 valence electrons. The highest BCUT2D eigenvalue weighted by Gasteiger charge is 1.92. The van der Waals surface area contributed by atoms with Gasteiger partial charge >= 0.3 is 0 Å². The second-order valence-corrected chi connectivity index (χ2v) is 8.86. The Hall–Kier alpha value is 0.860. The van der Waals surface area contributed by atoms with Gasteiger partial charge in [-0.15, -0.1) is 0 Å². The van der Waals surface area contributed by atoms with Crippen LogP contribution in [0.3, 0.4) is 0 Å². The summed E-state index contributed by atoms with van der Waals surface area (Å²) >= 11 is 0. The molecule has 0 amide bonds. The van der Waals surface area contributed by atoms with E-state index in [2.05, 4.69) is 13.8 Å². The molecule has 0 aliphatic carbocycles. The molecule has 0 bridgehead atoms. The minimum Gasteiger partial charge on any atom is -0.0992 e. The van der Waals surface area contributed by atoms with Crippen LogP contribution in [0.25, 0.3) is 0 Å². The standard InChI is InChI=1S/C15H34P2/c1-3-5-7-9-11-13-15-17-16-14-12-10-8-6-4-2/h16-17H,3-15H2,1-2H3. The van der Waals surface area contributed by atoms with Crippen LogP contribution in [0.2, 0.25) is 0 Å². The molecule has 0 spiro atoms. The largest absolute Gasteiger partial charge is 0.0992 e. The Bertz CT molecular complexity index is 112. The van der Waals surface area contributed by atoms with Gasteiger partial charge in [0.05, 0.1) is 0 Å². The Balaban J connectivity index is 2.85. The third kappa shape index (κ3) is 16.9. The van der Waals surface area contributed by atoms with Crippen LogP contribution in [-0.4, -0.2) is 12.3 Å². The molecule has 0 aromatic heterocycles. The third-order valence-electron chi connectivity index (χ3n) is 3.19. The van der Waals surface area contributed by atoms with Gasteiger partial charge in [-0.25, -0.2) is 0 Å². The molecule has 0 radical (unpaired) electrons. The first-order valence-corrected chi connectivity index (χ1v) is 11.3. The molecule has 2 heteroatoms. The lowest BCUT2D eigenvalue weighted by molar-refractivity contribution is 0.627. The molecule has 0 aromatic carbocycles. The topological polar surface area (TPSA) is 0 Å². The lowest BCUT2D eigenvalue weighted by atomic mass is 10.1. The highest BCUT2D eigenvalue weighted by atomic mass is 32.0. The highest BCUT2D eigenvalue weighted by molar-refractivity contribution is 8.11. The fraction of sp³-hybridized carbons (Fsp3) is 1.00. The van der Waals surface area contributed by atoms with E-state index in [9.17, 15) is 0 Å². The van der Waals surface area contributed by atoms with Gasteiger partial charge in [-0.1, -0.05) is 88.2 Å². The molecule has 0 nitrogen and oxygen atoms in total. The maximum absolute atomic E-state index is 2.30. The Morgan fingerprint density at radius 1 is 0.471 bits per heavy atom. The normalized spacial score (nSPS) is 12.4. The number of rotatable bonds is 14. The molecule has 2 unspecified atom stereocenters. The van der Waals surface area contributed by atoms with E-state index >= 15 is 0 Å². The van der Waals surface area contributed by atoms with E-state index in [1.54, 1.807) is 0 Å². The van der Waals surface area contributed by atoms with Crippen LogP contribution in [0.4, 0.5) is 0 Å². The molecule has 0 saturated carbocycles. The molecule has 0 fully saturated rings. The Labute approximate surface area is 114 Å². The van der Waals surface area contributed by atoms with Gasteiger partial charge in [0.25, 0.3) is 0 Å². The summed E-state index contributed by atoms with van der Waals surface area (Å²) in [6.45, 7) is 4.59. The summed E-state index contributed by atoms with van der Waals surface area (Å²) in [6.07, 6.45) is 19.1. The van der Waals surface area contributed by atoms with Gasteiger partial charge < -0.3 is 0 Å². The van der Waals surface area contributed by atoms with E-state index in [4.69, 9.17) is 0 Å². The highest BCUT2D eigenvalue weighted by Crippen LogP contribution is 2.38. The predicted octanol–water partition coefficient (Wildman–Crippen LogP) is 6.59. The van der Waals surface area contributed by atoms with Gasteiger partial charge in [0, 0.05) is 0 Å². The summed E-state index contributed by atoms with van der Waals surface area (Å²) in [5.74, 6) is 0. The van der Waals surface area contributed by atoms with Crippen LogP contribution < -0.4 is 0 Å². The minimum absolute atomic E-state index is 1.28. The molecule has 0 heterocycles. The van der Waals surface area contributed by atoms with Gasteiger partial charge in [0.2, 0.25) is 0 Å². The lowest BCUT2D eigenvalue weighted by Crippen LogP contribution is -1.80. The van der Waals surface area contributed by atoms with Crippen molar-refractivity contribution < 1.29 is 0 Å². The zero-order valence-corrected chi connectivity index (χ0v) is 14.2. The summed E-state index contributed by atoms with van der Waals surface area (Å²) < 4.78 is 0. The van der Waals surface area contributed by atoms with Gasteiger partial charge in [0.15, 0.2) is 0 Å². The molecule has 2 atom stereocenters. The molecule has 0 rings (SSSR count). The molecule has 0 aliphatic heterocycles. The number of unbranched alkanes of at least 4 members (excludes halogenated alkanes) is 9. The van der Waals surface area contributed by atoms with Crippen molar-refractivity contribution in [2.24, 2.45) is 0 Å². The van der Waals surface area contributed by atoms with Gasteiger partial charge in [-0.05, 0) is 25.2 Å². The smallest absolute Gasteiger partial charge is 0.0317 e. The fourth-order valence-corrected chi connectivity index (χ4v) is 5.32. The van der Waals surface area contributed by atoms with Crippen molar-refractivity contribution in [3.05, 3.63) is 0 Å². The first-order chi connectivity index (χ1) is 8.41. The van der Waals surface area contributed by atoms with Crippen LogP contribution in [0.15, 0.2) is 0 Å². The zero-order valence-electron chi connectivity index (χ0n) is 12.2. The molecular weight excluding hydrogens is 242 g/mol. The van der Waals surface area contributed by atoms with Crippen LogP contribution >= 0.6 is 16.5 Å². The van der Waals surface area contributed by atoms with Crippen LogP contribution in [-0.2, 0) is 0 Å². The SMILES string of the molecule is CCCCCCCCPPCCCCCCC. The molecular formula is C15H34P2. The van der Waals surface area contributed by atoms with Crippen molar-refractivity contribution >= 4 is 16.5 Å². The maximum Gasteiger partial charge on any atom is -0.0317 e. The Kier molecular flexibility index (Phi) is 17.7. The van der Waals surface area contributed by atoms with Gasteiger partial charge in [0.1, 0.15) is 0 Å². The van der Waals surface area contributed by atoms with Gasteiger partial charge in [-0.2, -0.15) is 0 Å². The molecule has 0 aliphatic rings. The van der Waals surface area contributed by atoms with Crippen molar-refractivity contribution in [3.63, 3.8) is 0 Å². The first-order valence-electron chi connectivity index (χ1n) is 7.87. The summed E-state index contributed by atoms with van der Waals surface area (Å²) in [5.41, 5.74) is 0. The van der Waals surface area contributed by atoms with Crippen LogP contribution in [0.5, 0.6) is 0 Å². The van der Waals surface area contributed by atoms with Crippen molar-refractivity contribution in [3.8, 4) is 0 Å². The number of hydrogen-bond acceptors (Lipinski definition) is 0. The first kappa shape index (κ1) is 17.9. The van der Waals surface area contributed by atoms with Crippen molar-refractivity contribution in [2.75, 3.05) is 12.3 Å². The second-order valence-electron chi connectivity index (χ2n) is 5.04. The fourth-order valence-electron chi connectivity index (χ4n) is 1.99. The van der Waals surface area contributed by atoms with Gasteiger partial charge in [-0.3, -0.25) is 0 Å².